The number of nitrogens with one attached hydrogen (secondary N) is 2. The van der Waals surface area contributed by atoms with Gasteiger partial charge in [-0.05, 0) is 34.7 Å². The average Bonchev–Trinajstić information content (AvgIpc) is 3.50. The lowest BCUT2D eigenvalue weighted by Gasteiger charge is -2.41. The highest BCUT2D eigenvalue weighted by Gasteiger charge is 2.38. The topological polar surface area (TPSA) is 137 Å². The minimum absolute atomic E-state index is 0.0156. The number of hydrogen-bond donors (Lipinski definition) is 3. The molecular formula is C34H39N5O6S. The van der Waals surface area contributed by atoms with Gasteiger partial charge in [0.05, 0.1) is 25.4 Å². The molecule has 12 heteroatoms. The van der Waals surface area contributed by atoms with Crippen LogP contribution in [0.4, 0.5) is 4.79 Å². The van der Waals surface area contributed by atoms with Gasteiger partial charge in [-0.3, -0.25) is 4.79 Å². The van der Waals surface area contributed by atoms with Gasteiger partial charge in [0, 0.05) is 30.8 Å². The van der Waals surface area contributed by atoms with Crippen molar-refractivity contribution in [2.45, 2.75) is 50.7 Å². The second-order valence-corrected chi connectivity index (χ2v) is 12.0. The number of esters is 1. The fraction of sp³-hybridized carbons (Fsp3) is 0.353. The van der Waals surface area contributed by atoms with Crippen LogP contribution in [0, 0.1) is 5.92 Å². The number of carbonyl (C=O) groups is 2. The van der Waals surface area contributed by atoms with Gasteiger partial charge in [0.25, 0.3) is 0 Å². The second-order valence-electron chi connectivity index (χ2n) is 11.0. The molecule has 0 saturated carbocycles. The Balaban J connectivity index is 1.31. The maximum absolute atomic E-state index is 12.3. The first-order valence-corrected chi connectivity index (χ1v) is 16.2. The van der Waals surface area contributed by atoms with E-state index in [0.717, 1.165) is 38.5 Å². The van der Waals surface area contributed by atoms with Crippen molar-refractivity contribution in [3.8, 4) is 11.1 Å². The largest absolute Gasteiger partial charge is 0.465 e. The van der Waals surface area contributed by atoms with Gasteiger partial charge in [-0.15, -0.1) is 10.2 Å². The molecule has 4 aromatic rings. The average molecular weight is 646 g/mol. The third-order valence-corrected chi connectivity index (χ3v) is 8.94. The quantitative estimate of drug-likeness (QED) is 0.145. The Bertz CT molecular complexity index is 1600. The van der Waals surface area contributed by atoms with Crippen LogP contribution in [0.3, 0.4) is 0 Å². The monoisotopic (exact) mass is 645 g/mol. The first-order chi connectivity index (χ1) is 22.4. The molecule has 1 saturated heterocycles. The summed E-state index contributed by atoms with van der Waals surface area (Å²) in [6, 6.07) is 23.3. The molecule has 1 aliphatic rings. The number of rotatable bonds is 12. The number of ether oxygens (including phenoxy) is 3. The molecule has 0 unspecified atom stereocenters. The lowest BCUT2D eigenvalue weighted by Crippen LogP contribution is -2.38. The lowest BCUT2D eigenvalue weighted by molar-refractivity contribution is -0.268. The molecular weight excluding hydrogens is 606 g/mol. The Kier molecular flexibility index (Phi) is 11.4. The maximum Gasteiger partial charge on any atom is 0.325 e. The van der Waals surface area contributed by atoms with Crippen molar-refractivity contribution in [3.05, 3.63) is 101 Å². The minimum atomic E-state index is -0.599. The first kappa shape index (κ1) is 33.1. The number of hydrogen-bond acceptors (Lipinski definition) is 9. The van der Waals surface area contributed by atoms with Crippen LogP contribution in [0.15, 0.2) is 84.3 Å². The van der Waals surface area contributed by atoms with Crippen LogP contribution >= 0.6 is 11.8 Å². The Labute approximate surface area is 272 Å². The highest BCUT2D eigenvalue weighted by atomic mass is 32.2. The number of carbonyl (C=O) groups excluding carboxylic acids is 2. The molecule has 3 N–H and O–H groups in total. The van der Waals surface area contributed by atoms with Crippen LogP contribution in [0.25, 0.3) is 11.1 Å². The molecule has 2 amide bonds. The van der Waals surface area contributed by atoms with Crippen molar-refractivity contribution in [1.29, 1.82) is 0 Å². The van der Waals surface area contributed by atoms with E-state index in [2.05, 4.69) is 27.8 Å². The number of thioether (sulfide) groups is 1. The first-order valence-electron chi connectivity index (χ1n) is 15.2. The number of nitrogens with zero attached hydrogens (tertiary/aromatic N) is 3. The Hall–Kier alpha value is -4.23. The number of benzene rings is 3. The molecule has 5 rings (SSSR count). The molecule has 0 aliphatic carbocycles. The highest BCUT2D eigenvalue weighted by molar-refractivity contribution is 7.99. The van der Waals surface area contributed by atoms with Crippen LogP contribution in [0.5, 0.6) is 0 Å². The van der Waals surface area contributed by atoms with E-state index in [1.165, 1.54) is 0 Å². The maximum atomic E-state index is 12.3. The van der Waals surface area contributed by atoms with Gasteiger partial charge in [-0.25, -0.2) is 4.79 Å². The van der Waals surface area contributed by atoms with Crippen molar-refractivity contribution < 1.29 is 28.9 Å². The summed E-state index contributed by atoms with van der Waals surface area (Å²) in [7, 11) is 1.92. The van der Waals surface area contributed by atoms with Gasteiger partial charge >= 0.3 is 12.0 Å². The third-order valence-electron chi connectivity index (χ3n) is 7.82. The number of aliphatic hydroxyl groups excluding tert-OH is 1. The predicted molar refractivity (Wildman–Crippen MR) is 173 cm³/mol. The normalized spacial score (nSPS) is 19.4. The molecule has 11 nitrogen and oxygen atoms in total. The van der Waals surface area contributed by atoms with Crippen LogP contribution in [0.2, 0.25) is 0 Å². The number of amides is 2. The number of aromatic nitrogens is 3. The molecule has 0 bridgehead atoms. The third kappa shape index (κ3) is 8.32. The van der Waals surface area contributed by atoms with Gasteiger partial charge in [0.1, 0.15) is 12.9 Å². The van der Waals surface area contributed by atoms with Crippen LogP contribution in [0.1, 0.15) is 48.5 Å². The summed E-state index contributed by atoms with van der Waals surface area (Å²) in [4.78, 5) is 23.8. The fourth-order valence-electron chi connectivity index (χ4n) is 5.25. The zero-order valence-electron chi connectivity index (χ0n) is 26.1. The van der Waals surface area contributed by atoms with Gasteiger partial charge in [0.15, 0.2) is 11.4 Å². The SMILES string of the molecule is CCOC(=O)CNC(=O)NCc1ccccc1-c1ccc([C@@H]2O[C@H](CSc3nncn3C)[C@H](C)[C@H](c3ccc(CO)cc3)O2)cc1. The van der Waals surface area contributed by atoms with E-state index in [1.54, 1.807) is 25.0 Å². The van der Waals surface area contributed by atoms with Gasteiger partial charge in [-0.2, -0.15) is 0 Å². The second kappa shape index (κ2) is 15.9. The molecule has 1 fully saturated rings. The lowest BCUT2D eigenvalue weighted by atomic mass is 9.91. The van der Waals surface area contributed by atoms with Crippen molar-refractivity contribution in [1.82, 2.24) is 25.4 Å². The van der Waals surface area contributed by atoms with Gasteiger partial charge in [0.2, 0.25) is 0 Å². The van der Waals surface area contributed by atoms with Crippen LogP contribution in [-0.4, -0.2) is 56.9 Å². The van der Waals surface area contributed by atoms with Crippen molar-refractivity contribution in [3.63, 3.8) is 0 Å². The van der Waals surface area contributed by atoms with E-state index in [4.69, 9.17) is 14.2 Å². The summed E-state index contributed by atoms with van der Waals surface area (Å²) in [5, 5.41) is 23.9. The highest BCUT2D eigenvalue weighted by Crippen LogP contribution is 2.43. The smallest absolute Gasteiger partial charge is 0.325 e. The molecule has 3 aromatic carbocycles. The van der Waals surface area contributed by atoms with Crippen molar-refractivity contribution in [2.75, 3.05) is 18.9 Å². The zero-order valence-corrected chi connectivity index (χ0v) is 26.9. The number of aryl methyl sites for hydroxylation is 1. The van der Waals surface area contributed by atoms with E-state index in [0.29, 0.717) is 5.75 Å². The molecule has 2 heterocycles. The standard InChI is InChI=1S/C34H39N5O6S/c1-4-43-30(41)18-36-33(42)35-17-27-7-5-6-8-28(27)24-13-15-26(16-14-24)32-44-29(20-46-34-38-37-21-39(34)3)22(2)31(45-32)25-11-9-23(19-40)10-12-25/h5-16,21-22,29,31-32,40H,4,17-20H2,1-3H3,(H2,35,36,42)/t22-,29+,31+,32+/m0/s1. The van der Waals surface area contributed by atoms with E-state index in [1.807, 2.05) is 84.4 Å². The fourth-order valence-corrected chi connectivity index (χ4v) is 6.30. The summed E-state index contributed by atoms with van der Waals surface area (Å²) in [5.41, 5.74) is 5.62. The molecule has 1 aromatic heterocycles. The minimum Gasteiger partial charge on any atom is -0.465 e. The summed E-state index contributed by atoms with van der Waals surface area (Å²) in [6.07, 6.45) is 0.724. The molecule has 0 radical (unpaired) electrons. The molecule has 0 spiro atoms. The van der Waals surface area contributed by atoms with Gasteiger partial charge < -0.3 is 34.5 Å². The van der Waals surface area contributed by atoms with Crippen LogP contribution in [-0.2, 0) is 39.2 Å². The van der Waals surface area contributed by atoms with Gasteiger partial charge in [-0.1, -0.05) is 91.5 Å². The summed E-state index contributed by atoms with van der Waals surface area (Å²) < 4.78 is 19.9. The van der Waals surface area contributed by atoms with Crippen LogP contribution < -0.4 is 10.6 Å². The van der Waals surface area contributed by atoms with E-state index < -0.39 is 18.3 Å². The summed E-state index contributed by atoms with van der Waals surface area (Å²) in [6.45, 7) is 4.18. The summed E-state index contributed by atoms with van der Waals surface area (Å²) in [5.74, 6) is 0.231. The van der Waals surface area contributed by atoms with Crippen molar-refractivity contribution in [2.24, 2.45) is 13.0 Å². The molecule has 1 aliphatic heterocycles. The van der Waals surface area contributed by atoms with E-state index >= 15 is 0 Å². The molecule has 242 valence electrons. The molecule has 46 heavy (non-hydrogen) atoms. The number of aliphatic hydroxyl groups is 1. The van der Waals surface area contributed by atoms with E-state index in [-0.39, 0.29) is 44.4 Å². The molecule has 4 atom stereocenters. The van der Waals surface area contributed by atoms with Crippen molar-refractivity contribution >= 4 is 23.8 Å². The zero-order chi connectivity index (χ0) is 32.5. The Morgan fingerprint density at radius 3 is 2.43 bits per heavy atom. The Morgan fingerprint density at radius 2 is 1.74 bits per heavy atom. The predicted octanol–water partition coefficient (Wildman–Crippen LogP) is 4.92. The number of urea groups is 1. The van der Waals surface area contributed by atoms with E-state index in [9.17, 15) is 14.7 Å². The Morgan fingerprint density at radius 1 is 1.00 bits per heavy atom. The summed E-state index contributed by atoms with van der Waals surface area (Å²) >= 11 is 1.60.